The summed E-state index contributed by atoms with van der Waals surface area (Å²) in [4.78, 5) is 25.3. The minimum atomic E-state index is -0.738. The smallest absolute Gasteiger partial charge is 0.258 e. The average Bonchev–Trinajstić information content (AvgIpc) is 3.55. The molecule has 5 nitrogen and oxygen atoms in total. The summed E-state index contributed by atoms with van der Waals surface area (Å²) in [5, 5.41) is 6.33. The van der Waals surface area contributed by atoms with E-state index in [0.717, 1.165) is 11.6 Å². The number of carbonyl (C=O) groups excluding carboxylic acids is 2. The number of nitrogens with one attached hydrogen (secondary N) is 2. The molecule has 2 amide bonds. The number of hydrogen-bond donors (Lipinski definition) is 2. The van der Waals surface area contributed by atoms with Crippen LogP contribution in [0.5, 0.6) is 5.75 Å². The summed E-state index contributed by atoms with van der Waals surface area (Å²) in [6.07, 6.45) is 0.713. The Morgan fingerprint density at radius 1 is 1.03 bits per heavy atom. The molecule has 3 aromatic carbocycles. The number of ether oxygens (including phenoxy) is 1. The van der Waals surface area contributed by atoms with Gasteiger partial charge in [0.2, 0.25) is 5.91 Å². The van der Waals surface area contributed by atoms with Crippen LogP contribution < -0.4 is 15.4 Å². The van der Waals surface area contributed by atoms with Crippen molar-refractivity contribution in [1.29, 1.82) is 0 Å². The van der Waals surface area contributed by atoms with Crippen molar-refractivity contribution in [3.63, 3.8) is 0 Å². The van der Waals surface area contributed by atoms with Crippen molar-refractivity contribution in [2.45, 2.75) is 12.3 Å². The van der Waals surface area contributed by atoms with Crippen molar-refractivity contribution in [2.75, 3.05) is 17.7 Å². The maximum Gasteiger partial charge on any atom is 0.258 e. The summed E-state index contributed by atoms with van der Waals surface area (Å²) >= 11 is 12.0. The summed E-state index contributed by atoms with van der Waals surface area (Å²) in [5.74, 6) is -1.28. The van der Waals surface area contributed by atoms with Gasteiger partial charge in [0.1, 0.15) is 11.6 Å². The van der Waals surface area contributed by atoms with Gasteiger partial charge in [0, 0.05) is 21.7 Å². The summed E-state index contributed by atoms with van der Waals surface area (Å²) in [5.41, 5.74) is 1.57. The molecule has 0 aliphatic heterocycles. The number of methoxy groups -OCH3 is 1. The van der Waals surface area contributed by atoms with E-state index < -0.39 is 11.7 Å². The SMILES string of the molecule is COc1ccc(NC(=O)C2CC2c2ccccc2Cl)cc1NC(=O)c1ccc(Cl)cc1F. The number of halogens is 3. The molecule has 164 valence electrons. The quantitative estimate of drug-likeness (QED) is 0.452. The predicted molar refractivity (Wildman–Crippen MR) is 123 cm³/mol. The maximum atomic E-state index is 14.1. The molecule has 8 heteroatoms. The molecule has 1 aliphatic rings. The van der Waals surface area contributed by atoms with Crippen LogP contribution in [0.4, 0.5) is 15.8 Å². The van der Waals surface area contributed by atoms with Crippen LogP contribution in [-0.2, 0) is 4.79 Å². The van der Waals surface area contributed by atoms with Crippen molar-refractivity contribution in [2.24, 2.45) is 5.92 Å². The molecule has 0 spiro atoms. The molecule has 2 N–H and O–H groups in total. The minimum Gasteiger partial charge on any atom is -0.495 e. The zero-order valence-corrected chi connectivity index (χ0v) is 18.5. The largest absolute Gasteiger partial charge is 0.495 e. The Bertz CT molecular complexity index is 1200. The van der Waals surface area contributed by atoms with Gasteiger partial charge in [0.15, 0.2) is 0 Å². The number of anilines is 2. The Hall–Kier alpha value is -3.09. The highest BCUT2D eigenvalue weighted by atomic mass is 35.5. The van der Waals surface area contributed by atoms with Crippen LogP contribution in [0.25, 0.3) is 0 Å². The molecule has 0 bridgehead atoms. The third-order valence-electron chi connectivity index (χ3n) is 5.32. The number of benzene rings is 3. The fourth-order valence-electron chi connectivity index (χ4n) is 3.59. The van der Waals surface area contributed by atoms with Crippen molar-refractivity contribution >= 4 is 46.4 Å². The van der Waals surface area contributed by atoms with Gasteiger partial charge in [-0.3, -0.25) is 9.59 Å². The lowest BCUT2D eigenvalue weighted by Gasteiger charge is -2.13. The van der Waals surface area contributed by atoms with E-state index in [-0.39, 0.29) is 28.3 Å². The molecule has 2 atom stereocenters. The van der Waals surface area contributed by atoms with Crippen molar-refractivity contribution in [1.82, 2.24) is 0 Å². The van der Waals surface area contributed by atoms with Gasteiger partial charge in [-0.05, 0) is 60.4 Å². The summed E-state index contributed by atoms with van der Waals surface area (Å²) in [6.45, 7) is 0. The molecule has 0 saturated heterocycles. The highest BCUT2D eigenvalue weighted by Crippen LogP contribution is 2.50. The molecule has 32 heavy (non-hydrogen) atoms. The van der Waals surface area contributed by atoms with E-state index in [9.17, 15) is 14.0 Å². The Morgan fingerprint density at radius 3 is 2.53 bits per heavy atom. The molecular formula is C24H19Cl2FN2O3. The standard InChI is InChI=1S/C24H19Cl2FN2O3/c1-32-22-9-7-14(11-21(22)29-23(30)16-8-6-13(25)10-20(16)27)28-24(31)18-12-17(18)15-4-2-3-5-19(15)26/h2-11,17-18H,12H2,1H3,(H,28,31)(H,29,30). The van der Waals surface area contributed by atoms with E-state index in [2.05, 4.69) is 10.6 Å². The van der Waals surface area contributed by atoms with Gasteiger partial charge < -0.3 is 15.4 Å². The normalized spacial score (nSPS) is 16.9. The minimum absolute atomic E-state index is 0.0778. The topological polar surface area (TPSA) is 67.4 Å². The number of hydrogen-bond acceptors (Lipinski definition) is 3. The van der Waals surface area contributed by atoms with E-state index in [0.29, 0.717) is 28.6 Å². The number of carbonyl (C=O) groups is 2. The Balaban J connectivity index is 1.48. The van der Waals surface area contributed by atoms with E-state index in [1.807, 2.05) is 24.3 Å². The van der Waals surface area contributed by atoms with E-state index >= 15 is 0 Å². The fourth-order valence-corrected chi connectivity index (χ4v) is 4.02. The van der Waals surface area contributed by atoms with Gasteiger partial charge in [-0.25, -0.2) is 4.39 Å². The van der Waals surface area contributed by atoms with Gasteiger partial charge in [-0.15, -0.1) is 0 Å². The third-order valence-corrected chi connectivity index (χ3v) is 5.90. The van der Waals surface area contributed by atoms with Crippen LogP contribution in [0, 0.1) is 11.7 Å². The zero-order chi connectivity index (χ0) is 22.8. The summed E-state index contributed by atoms with van der Waals surface area (Å²) in [7, 11) is 1.45. The molecular weight excluding hydrogens is 454 g/mol. The van der Waals surface area contributed by atoms with E-state index in [1.54, 1.807) is 18.2 Å². The van der Waals surface area contributed by atoms with Gasteiger partial charge in [0.05, 0.1) is 18.4 Å². The van der Waals surface area contributed by atoms with Crippen LogP contribution in [0.15, 0.2) is 60.7 Å². The van der Waals surface area contributed by atoms with Gasteiger partial charge in [-0.1, -0.05) is 41.4 Å². The molecule has 0 aromatic heterocycles. The first-order chi connectivity index (χ1) is 15.4. The van der Waals surface area contributed by atoms with Crippen molar-refractivity contribution in [3.8, 4) is 5.75 Å². The molecule has 2 unspecified atom stereocenters. The van der Waals surface area contributed by atoms with Crippen molar-refractivity contribution in [3.05, 3.63) is 87.7 Å². The maximum absolute atomic E-state index is 14.1. The first kappa shape index (κ1) is 22.1. The number of amides is 2. The Morgan fingerprint density at radius 2 is 1.81 bits per heavy atom. The van der Waals surface area contributed by atoms with Crippen molar-refractivity contribution < 1.29 is 18.7 Å². The highest BCUT2D eigenvalue weighted by Gasteiger charge is 2.44. The zero-order valence-electron chi connectivity index (χ0n) is 17.0. The highest BCUT2D eigenvalue weighted by molar-refractivity contribution is 6.31. The molecule has 0 heterocycles. The fraction of sp³-hybridized carbons (Fsp3) is 0.167. The van der Waals surface area contributed by atoms with E-state index in [1.165, 1.54) is 19.2 Å². The molecule has 1 fully saturated rings. The Labute approximate surface area is 194 Å². The summed E-state index contributed by atoms with van der Waals surface area (Å²) < 4.78 is 19.4. The average molecular weight is 473 g/mol. The second-order valence-electron chi connectivity index (χ2n) is 7.45. The van der Waals surface area contributed by atoms with Crippen LogP contribution >= 0.6 is 23.2 Å². The monoisotopic (exact) mass is 472 g/mol. The second kappa shape index (κ2) is 9.18. The molecule has 1 saturated carbocycles. The third kappa shape index (κ3) is 4.71. The lowest BCUT2D eigenvalue weighted by Crippen LogP contribution is -2.16. The molecule has 3 aromatic rings. The van der Waals surface area contributed by atoms with Gasteiger partial charge in [-0.2, -0.15) is 0 Å². The number of rotatable bonds is 6. The van der Waals surface area contributed by atoms with Crippen LogP contribution in [0.2, 0.25) is 10.0 Å². The van der Waals surface area contributed by atoms with Crippen LogP contribution in [-0.4, -0.2) is 18.9 Å². The molecule has 0 radical (unpaired) electrons. The second-order valence-corrected chi connectivity index (χ2v) is 8.30. The van der Waals surface area contributed by atoms with Gasteiger partial charge >= 0.3 is 0 Å². The van der Waals surface area contributed by atoms with E-state index in [4.69, 9.17) is 27.9 Å². The predicted octanol–water partition coefficient (Wildman–Crippen LogP) is 6.14. The Kier molecular flexibility index (Phi) is 6.35. The lowest BCUT2D eigenvalue weighted by molar-refractivity contribution is -0.117. The summed E-state index contributed by atoms with van der Waals surface area (Å²) in [6, 6.07) is 16.1. The molecule has 1 aliphatic carbocycles. The first-order valence-electron chi connectivity index (χ1n) is 9.87. The molecule has 4 rings (SSSR count). The first-order valence-corrected chi connectivity index (χ1v) is 10.6. The van der Waals surface area contributed by atoms with Crippen LogP contribution in [0.3, 0.4) is 0 Å². The van der Waals surface area contributed by atoms with Crippen LogP contribution in [0.1, 0.15) is 28.3 Å². The lowest BCUT2D eigenvalue weighted by atomic mass is 10.1. The van der Waals surface area contributed by atoms with Gasteiger partial charge in [0.25, 0.3) is 5.91 Å².